The molecule has 29 heavy (non-hydrogen) atoms. The van der Waals surface area contributed by atoms with Crippen LogP contribution in [0.3, 0.4) is 0 Å². The fourth-order valence-electron chi connectivity index (χ4n) is 3.45. The molecular formula is C23H26N2O4. The van der Waals surface area contributed by atoms with E-state index in [2.05, 4.69) is 10.6 Å². The molecule has 2 amide bonds. The van der Waals surface area contributed by atoms with Gasteiger partial charge >= 0.3 is 5.97 Å². The Labute approximate surface area is 170 Å². The summed E-state index contributed by atoms with van der Waals surface area (Å²) in [5, 5.41) is 5.62. The first-order valence-electron chi connectivity index (χ1n) is 9.97. The van der Waals surface area contributed by atoms with Gasteiger partial charge in [0.2, 0.25) is 0 Å². The fourth-order valence-corrected chi connectivity index (χ4v) is 3.45. The van der Waals surface area contributed by atoms with Crippen LogP contribution in [0.5, 0.6) is 0 Å². The van der Waals surface area contributed by atoms with Crippen LogP contribution in [0.1, 0.15) is 41.6 Å². The van der Waals surface area contributed by atoms with E-state index < -0.39 is 12.0 Å². The second-order valence-electron chi connectivity index (χ2n) is 7.24. The summed E-state index contributed by atoms with van der Waals surface area (Å²) in [5.41, 5.74) is 1.34. The van der Waals surface area contributed by atoms with Gasteiger partial charge in [-0.3, -0.25) is 9.59 Å². The molecule has 1 aliphatic carbocycles. The first-order valence-corrected chi connectivity index (χ1v) is 9.97. The first-order chi connectivity index (χ1) is 14.1. The summed E-state index contributed by atoms with van der Waals surface area (Å²) in [6, 6.07) is 17.3. The lowest BCUT2D eigenvalue weighted by Crippen LogP contribution is -2.44. The number of hydrogen-bond donors (Lipinski definition) is 2. The van der Waals surface area contributed by atoms with E-state index in [1.165, 1.54) is 0 Å². The number of nitrogens with one attached hydrogen (secondary N) is 2. The van der Waals surface area contributed by atoms with Crippen LogP contribution in [0.25, 0.3) is 0 Å². The van der Waals surface area contributed by atoms with E-state index in [0.29, 0.717) is 5.56 Å². The molecule has 0 aromatic heterocycles. The number of esters is 1. The SMILES string of the molecule is O=C(COC(=O)[C@H](Cc1ccccc1)NC(=O)c1ccccc1)NC1CCCC1. The van der Waals surface area contributed by atoms with Gasteiger partial charge in [0.1, 0.15) is 6.04 Å². The highest BCUT2D eigenvalue weighted by Gasteiger charge is 2.25. The third kappa shape index (κ3) is 6.45. The van der Waals surface area contributed by atoms with Crippen LogP contribution in [0.2, 0.25) is 0 Å². The summed E-state index contributed by atoms with van der Waals surface area (Å²) in [4.78, 5) is 37.2. The zero-order valence-corrected chi connectivity index (χ0v) is 16.3. The van der Waals surface area contributed by atoms with Crippen LogP contribution in [0, 0.1) is 0 Å². The lowest BCUT2D eigenvalue weighted by atomic mass is 10.1. The molecule has 6 nitrogen and oxygen atoms in total. The van der Waals surface area contributed by atoms with Crippen molar-refractivity contribution in [3.05, 3.63) is 71.8 Å². The van der Waals surface area contributed by atoms with Crippen LogP contribution < -0.4 is 10.6 Å². The maximum Gasteiger partial charge on any atom is 0.329 e. The lowest BCUT2D eigenvalue weighted by molar-refractivity contribution is -0.150. The third-order valence-corrected chi connectivity index (χ3v) is 4.97. The Morgan fingerprint density at radius 3 is 2.21 bits per heavy atom. The molecule has 0 spiro atoms. The summed E-state index contributed by atoms with van der Waals surface area (Å²) < 4.78 is 5.22. The summed E-state index contributed by atoms with van der Waals surface area (Å²) in [7, 11) is 0. The Bertz CT molecular complexity index is 817. The summed E-state index contributed by atoms with van der Waals surface area (Å²) in [6.45, 7) is -0.345. The van der Waals surface area contributed by atoms with Gasteiger partial charge in [-0.2, -0.15) is 0 Å². The molecule has 3 rings (SSSR count). The highest BCUT2D eigenvalue weighted by Crippen LogP contribution is 2.17. The molecule has 2 aromatic rings. The normalized spacial score (nSPS) is 14.8. The predicted molar refractivity (Wildman–Crippen MR) is 109 cm³/mol. The molecule has 0 bridgehead atoms. The molecule has 1 fully saturated rings. The van der Waals surface area contributed by atoms with Crippen LogP contribution >= 0.6 is 0 Å². The Kier molecular flexibility index (Phi) is 7.39. The summed E-state index contributed by atoms with van der Waals surface area (Å²) in [6.07, 6.45) is 4.42. The Morgan fingerprint density at radius 1 is 0.931 bits per heavy atom. The standard InChI is InChI=1S/C23H26N2O4/c26-21(24-19-13-7-8-14-19)16-29-23(28)20(15-17-9-3-1-4-10-17)25-22(27)18-11-5-2-6-12-18/h1-6,9-12,19-20H,7-8,13-16H2,(H,24,26)(H,25,27)/t20-/m0/s1. The minimum absolute atomic E-state index is 0.166. The van der Waals surface area contributed by atoms with E-state index in [-0.39, 0.29) is 30.9 Å². The second kappa shape index (κ2) is 10.4. The Balaban J connectivity index is 1.60. The van der Waals surface area contributed by atoms with Gasteiger partial charge in [-0.1, -0.05) is 61.4 Å². The number of carbonyl (C=O) groups excluding carboxylic acids is 3. The summed E-state index contributed by atoms with van der Waals surface area (Å²) in [5.74, 6) is -1.29. The van der Waals surface area contributed by atoms with Crippen molar-refractivity contribution in [2.24, 2.45) is 0 Å². The monoisotopic (exact) mass is 394 g/mol. The van der Waals surface area contributed by atoms with Gasteiger partial charge in [-0.25, -0.2) is 4.79 Å². The fraction of sp³-hybridized carbons (Fsp3) is 0.348. The van der Waals surface area contributed by atoms with E-state index in [4.69, 9.17) is 4.74 Å². The van der Waals surface area contributed by atoms with Crippen LogP contribution in [0.4, 0.5) is 0 Å². The highest BCUT2D eigenvalue weighted by atomic mass is 16.5. The van der Waals surface area contributed by atoms with Gasteiger partial charge in [0, 0.05) is 18.0 Å². The van der Waals surface area contributed by atoms with Crippen LogP contribution in [-0.2, 0) is 20.7 Å². The van der Waals surface area contributed by atoms with Gasteiger partial charge in [0.05, 0.1) is 0 Å². The quantitative estimate of drug-likeness (QED) is 0.674. The molecule has 6 heteroatoms. The van der Waals surface area contributed by atoms with Gasteiger partial charge in [0.25, 0.3) is 11.8 Å². The molecule has 0 saturated heterocycles. The molecule has 1 aliphatic rings. The molecule has 0 unspecified atom stereocenters. The molecule has 2 N–H and O–H groups in total. The largest absolute Gasteiger partial charge is 0.454 e. The van der Waals surface area contributed by atoms with Gasteiger partial charge in [-0.05, 0) is 30.5 Å². The number of rotatable bonds is 8. The average Bonchev–Trinajstić information content (AvgIpc) is 3.26. The maximum atomic E-state index is 12.6. The zero-order chi connectivity index (χ0) is 20.5. The molecule has 0 aliphatic heterocycles. The minimum Gasteiger partial charge on any atom is -0.454 e. The van der Waals surface area contributed by atoms with Crippen molar-refractivity contribution in [2.75, 3.05) is 6.61 Å². The molecule has 0 radical (unpaired) electrons. The van der Waals surface area contributed by atoms with E-state index >= 15 is 0 Å². The van der Waals surface area contributed by atoms with Gasteiger partial charge in [0.15, 0.2) is 6.61 Å². The molecule has 1 saturated carbocycles. The minimum atomic E-state index is -0.885. The average molecular weight is 394 g/mol. The smallest absolute Gasteiger partial charge is 0.329 e. The lowest BCUT2D eigenvalue weighted by Gasteiger charge is -2.18. The topological polar surface area (TPSA) is 84.5 Å². The molecule has 0 heterocycles. The first kappa shape index (κ1) is 20.6. The molecule has 152 valence electrons. The summed E-state index contributed by atoms with van der Waals surface area (Å²) >= 11 is 0. The molecule has 2 aromatic carbocycles. The zero-order valence-electron chi connectivity index (χ0n) is 16.3. The van der Waals surface area contributed by atoms with Crippen molar-refractivity contribution in [1.82, 2.24) is 10.6 Å². The highest BCUT2D eigenvalue weighted by molar-refractivity contribution is 5.97. The van der Waals surface area contributed by atoms with E-state index in [1.807, 2.05) is 36.4 Å². The van der Waals surface area contributed by atoms with Crippen molar-refractivity contribution in [1.29, 1.82) is 0 Å². The van der Waals surface area contributed by atoms with Gasteiger partial charge in [-0.15, -0.1) is 0 Å². The van der Waals surface area contributed by atoms with Crippen molar-refractivity contribution in [2.45, 2.75) is 44.2 Å². The van der Waals surface area contributed by atoms with Crippen LogP contribution in [-0.4, -0.2) is 36.5 Å². The third-order valence-electron chi connectivity index (χ3n) is 4.97. The van der Waals surface area contributed by atoms with Crippen molar-refractivity contribution in [3.63, 3.8) is 0 Å². The van der Waals surface area contributed by atoms with Crippen LogP contribution in [0.15, 0.2) is 60.7 Å². The molecular weight excluding hydrogens is 368 g/mol. The predicted octanol–water partition coefficient (Wildman–Crippen LogP) is 2.63. The number of carbonyl (C=O) groups is 3. The number of amides is 2. The van der Waals surface area contributed by atoms with Crippen molar-refractivity contribution in [3.8, 4) is 0 Å². The van der Waals surface area contributed by atoms with E-state index in [1.54, 1.807) is 24.3 Å². The Morgan fingerprint density at radius 2 is 1.55 bits per heavy atom. The molecule has 1 atom stereocenters. The number of hydrogen-bond acceptors (Lipinski definition) is 4. The van der Waals surface area contributed by atoms with Gasteiger partial charge < -0.3 is 15.4 Å². The second-order valence-corrected chi connectivity index (χ2v) is 7.24. The van der Waals surface area contributed by atoms with E-state index in [9.17, 15) is 14.4 Å². The number of ether oxygens (including phenoxy) is 1. The van der Waals surface area contributed by atoms with Crippen molar-refractivity contribution >= 4 is 17.8 Å². The number of benzene rings is 2. The maximum absolute atomic E-state index is 12.6. The van der Waals surface area contributed by atoms with Crippen molar-refractivity contribution < 1.29 is 19.1 Å². The Hall–Kier alpha value is -3.15. The van der Waals surface area contributed by atoms with E-state index in [0.717, 1.165) is 31.2 Å².